The van der Waals surface area contributed by atoms with Crippen LogP contribution in [-0.2, 0) is 13.2 Å². The van der Waals surface area contributed by atoms with Crippen LogP contribution in [0, 0.1) is 0 Å². The lowest BCUT2D eigenvalue weighted by molar-refractivity contribution is 0.306. The standard InChI is InChI=1S/C13H13NO.C6H11N3/c14-12-7-4-8-13(9-12)15-10-11-5-2-1-3-6-11;7-2-1-4-9-5-3-8-6-9/h1-9H,10,14H2;3,5-6H,1-2,4,7H2. The maximum atomic E-state index is 5.65. The molecule has 0 aliphatic carbocycles. The predicted molar refractivity (Wildman–Crippen MR) is 97.5 cm³/mol. The molecule has 2 aromatic carbocycles. The molecule has 0 radical (unpaired) electrons. The predicted octanol–water partition coefficient (Wildman–Crippen LogP) is 3.08. The van der Waals surface area contributed by atoms with Crippen molar-refractivity contribution in [3.63, 3.8) is 0 Å². The highest BCUT2D eigenvalue weighted by molar-refractivity contribution is 5.43. The van der Waals surface area contributed by atoms with Gasteiger partial charge < -0.3 is 20.8 Å². The van der Waals surface area contributed by atoms with Crippen molar-refractivity contribution in [2.24, 2.45) is 5.73 Å². The van der Waals surface area contributed by atoms with E-state index >= 15 is 0 Å². The first-order valence-corrected chi connectivity index (χ1v) is 7.96. The van der Waals surface area contributed by atoms with E-state index in [0.717, 1.165) is 36.5 Å². The van der Waals surface area contributed by atoms with E-state index in [1.807, 2.05) is 65.4 Å². The Kier molecular flexibility index (Phi) is 7.37. The fourth-order valence-electron chi connectivity index (χ4n) is 2.04. The molecule has 3 rings (SSSR count). The Balaban J connectivity index is 0.000000198. The highest BCUT2D eigenvalue weighted by atomic mass is 16.5. The van der Waals surface area contributed by atoms with Crippen molar-refractivity contribution < 1.29 is 4.74 Å². The Bertz CT molecular complexity index is 684. The third-order valence-corrected chi connectivity index (χ3v) is 3.29. The highest BCUT2D eigenvalue weighted by Crippen LogP contribution is 2.15. The van der Waals surface area contributed by atoms with Crippen molar-refractivity contribution in [3.8, 4) is 5.75 Å². The van der Waals surface area contributed by atoms with Gasteiger partial charge >= 0.3 is 0 Å². The van der Waals surface area contributed by atoms with E-state index < -0.39 is 0 Å². The largest absolute Gasteiger partial charge is 0.489 e. The molecular weight excluding hydrogens is 300 g/mol. The number of aryl methyl sites for hydroxylation is 1. The van der Waals surface area contributed by atoms with Crippen LogP contribution in [0.3, 0.4) is 0 Å². The topological polar surface area (TPSA) is 79.1 Å². The first-order chi connectivity index (χ1) is 11.8. The summed E-state index contributed by atoms with van der Waals surface area (Å²) in [6.07, 6.45) is 6.54. The fourth-order valence-corrected chi connectivity index (χ4v) is 2.04. The number of imidazole rings is 1. The summed E-state index contributed by atoms with van der Waals surface area (Å²) in [6.45, 7) is 2.30. The minimum atomic E-state index is 0.574. The molecule has 0 aliphatic rings. The summed E-state index contributed by atoms with van der Waals surface area (Å²) in [5, 5.41) is 0. The number of hydrogen-bond donors (Lipinski definition) is 2. The van der Waals surface area contributed by atoms with Crippen LogP contribution < -0.4 is 16.2 Å². The Morgan fingerprint density at radius 1 is 1.04 bits per heavy atom. The monoisotopic (exact) mass is 324 g/mol. The summed E-state index contributed by atoms with van der Waals surface area (Å²) in [4.78, 5) is 3.90. The number of aromatic nitrogens is 2. The molecule has 0 saturated heterocycles. The van der Waals surface area contributed by atoms with E-state index in [4.69, 9.17) is 16.2 Å². The molecule has 1 aromatic heterocycles. The summed E-state index contributed by atoms with van der Waals surface area (Å²) >= 11 is 0. The summed E-state index contributed by atoms with van der Waals surface area (Å²) < 4.78 is 7.61. The second kappa shape index (κ2) is 10.1. The molecule has 4 N–H and O–H groups in total. The SMILES string of the molecule is NCCCn1ccnc1.Nc1cccc(OCc2ccccc2)c1. The van der Waals surface area contributed by atoms with E-state index in [9.17, 15) is 0 Å². The third kappa shape index (κ3) is 6.54. The molecule has 3 aromatic rings. The average Bonchev–Trinajstić information content (AvgIpc) is 3.13. The maximum Gasteiger partial charge on any atom is 0.121 e. The van der Waals surface area contributed by atoms with Gasteiger partial charge in [0, 0.05) is 30.7 Å². The van der Waals surface area contributed by atoms with Crippen LogP contribution in [0.4, 0.5) is 5.69 Å². The van der Waals surface area contributed by atoms with E-state index in [2.05, 4.69) is 4.98 Å². The minimum absolute atomic E-state index is 0.574. The molecule has 0 atom stereocenters. The maximum absolute atomic E-state index is 5.65. The lowest BCUT2D eigenvalue weighted by Crippen LogP contribution is -2.03. The van der Waals surface area contributed by atoms with Gasteiger partial charge in [-0.25, -0.2) is 4.98 Å². The van der Waals surface area contributed by atoms with Gasteiger partial charge in [-0.05, 0) is 30.7 Å². The highest BCUT2D eigenvalue weighted by Gasteiger charge is 1.95. The molecule has 0 spiro atoms. The van der Waals surface area contributed by atoms with Crippen molar-refractivity contribution >= 4 is 5.69 Å². The van der Waals surface area contributed by atoms with E-state index in [1.54, 1.807) is 12.5 Å². The summed E-state index contributed by atoms with van der Waals surface area (Å²) in [7, 11) is 0. The third-order valence-electron chi connectivity index (χ3n) is 3.29. The number of nitrogen functional groups attached to an aromatic ring is 1. The molecule has 0 aliphatic heterocycles. The van der Waals surface area contributed by atoms with Crippen LogP contribution in [0.25, 0.3) is 0 Å². The smallest absolute Gasteiger partial charge is 0.121 e. The average molecular weight is 324 g/mol. The molecule has 0 saturated carbocycles. The summed E-state index contributed by atoms with van der Waals surface area (Å²) in [6, 6.07) is 17.5. The molecular formula is C19H24N4O. The Morgan fingerprint density at radius 3 is 2.54 bits per heavy atom. The normalized spacial score (nSPS) is 9.88. The molecule has 0 unspecified atom stereocenters. The zero-order valence-electron chi connectivity index (χ0n) is 13.7. The lowest BCUT2D eigenvalue weighted by atomic mass is 10.2. The molecule has 24 heavy (non-hydrogen) atoms. The van der Waals surface area contributed by atoms with Crippen LogP contribution in [0.5, 0.6) is 5.75 Å². The number of nitrogens with zero attached hydrogens (tertiary/aromatic N) is 2. The molecule has 1 heterocycles. The summed E-state index contributed by atoms with van der Waals surface area (Å²) in [5.41, 5.74) is 12.8. The van der Waals surface area contributed by atoms with E-state index in [1.165, 1.54) is 0 Å². The van der Waals surface area contributed by atoms with Gasteiger partial charge in [0.1, 0.15) is 12.4 Å². The number of rotatable bonds is 6. The number of hydrogen-bond acceptors (Lipinski definition) is 4. The zero-order chi connectivity index (χ0) is 17.0. The van der Waals surface area contributed by atoms with Gasteiger partial charge in [-0.3, -0.25) is 0 Å². The zero-order valence-corrected chi connectivity index (χ0v) is 13.7. The van der Waals surface area contributed by atoms with Gasteiger partial charge in [-0.2, -0.15) is 0 Å². The van der Waals surface area contributed by atoms with Gasteiger partial charge in [0.05, 0.1) is 6.33 Å². The van der Waals surface area contributed by atoms with Gasteiger partial charge in [0.2, 0.25) is 0 Å². The van der Waals surface area contributed by atoms with Crippen molar-refractivity contribution in [3.05, 3.63) is 78.9 Å². The number of nitrogens with two attached hydrogens (primary N) is 2. The van der Waals surface area contributed by atoms with E-state index in [-0.39, 0.29) is 0 Å². The Hall–Kier alpha value is -2.79. The van der Waals surface area contributed by atoms with Gasteiger partial charge in [-0.15, -0.1) is 0 Å². The van der Waals surface area contributed by atoms with Crippen LogP contribution >= 0.6 is 0 Å². The quantitative estimate of drug-likeness (QED) is 0.683. The first-order valence-electron chi connectivity index (χ1n) is 7.96. The number of benzene rings is 2. The van der Waals surface area contributed by atoms with Gasteiger partial charge in [-0.1, -0.05) is 36.4 Å². The van der Waals surface area contributed by atoms with Gasteiger partial charge in [0.25, 0.3) is 0 Å². The number of ether oxygens (including phenoxy) is 1. The Labute approximate surface area is 142 Å². The van der Waals surface area contributed by atoms with Gasteiger partial charge in [0.15, 0.2) is 0 Å². The fraction of sp³-hybridized carbons (Fsp3) is 0.211. The van der Waals surface area contributed by atoms with Crippen molar-refractivity contribution in [2.75, 3.05) is 12.3 Å². The number of anilines is 1. The van der Waals surface area contributed by atoms with Crippen LogP contribution in [0.15, 0.2) is 73.3 Å². The Morgan fingerprint density at radius 2 is 1.88 bits per heavy atom. The van der Waals surface area contributed by atoms with Crippen LogP contribution in [0.2, 0.25) is 0 Å². The molecule has 0 amide bonds. The molecule has 0 fully saturated rings. The second-order valence-electron chi connectivity index (χ2n) is 5.29. The molecule has 0 bridgehead atoms. The second-order valence-corrected chi connectivity index (χ2v) is 5.29. The van der Waals surface area contributed by atoms with Crippen LogP contribution in [0.1, 0.15) is 12.0 Å². The first kappa shape index (κ1) is 17.6. The molecule has 5 heteroatoms. The van der Waals surface area contributed by atoms with Crippen molar-refractivity contribution in [1.29, 1.82) is 0 Å². The molecule has 126 valence electrons. The van der Waals surface area contributed by atoms with E-state index in [0.29, 0.717) is 6.61 Å². The van der Waals surface area contributed by atoms with Crippen LogP contribution in [-0.4, -0.2) is 16.1 Å². The summed E-state index contributed by atoms with van der Waals surface area (Å²) in [5.74, 6) is 0.804. The molecule has 5 nitrogen and oxygen atoms in total. The minimum Gasteiger partial charge on any atom is -0.489 e. The van der Waals surface area contributed by atoms with Crippen molar-refractivity contribution in [1.82, 2.24) is 9.55 Å². The lowest BCUT2D eigenvalue weighted by Gasteiger charge is -2.06. The van der Waals surface area contributed by atoms with Crippen molar-refractivity contribution in [2.45, 2.75) is 19.6 Å².